The maximum Gasteiger partial charge on any atom is 0.251 e. The number of anilines is 1. The minimum absolute atomic E-state index is 0.0834. The molecule has 0 heterocycles. The van der Waals surface area contributed by atoms with Gasteiger partial charge in [0.25, 0.3) is 5.91 Å². The highest BCUT2D eigenvalue weighted by molar-refractivity contribution is 6.04. The van der Waals surface area contributed by atoms with E-state index in [0.29, 0.717) is 5.92 Å². The van der Waals surface area contributed by atoms with Gasteiger partial charge in [0, 0.05) is 11.3 Å². The summed E-state index contributed by atoms with van der Waals surface area (Å²) in [5, 5.41) is 3.05. The van der Waals surface area contributed by atoms with Crippen molar-refractivity contribution in [1.29, 1.82) is 0 Å². The number of carbonyl (C=O) groups excluding carboxylic acids is 1. The first-order valence-corrected chi connectivity index (χ1v) is 7.34. The fourth-order valence-corrected chi connectivity index (χ4v) is 3.09. The number of hydrogen-bond donors (Lipinski definition) is 1. The number of fused-ring (bicyclic) bond motifs is 1. The highest BCUT2D eigenvalue weighted by Gasteiger charge is 2.19. The summed E-state index contributed by atoms with van der Waals surface area (Å²) in [4.78, 5) is 12.1. The van der Waals surface area contributed by atoms with E-state index in [0.717, 1.165) is 30.5 Å². The standard InChI is InChI=1S/C17H21NO/c1-12-6-7-15(10-12)17(19)18-16-9-8-13-4-2-3-5-14(13)11-16/h7-9,11-12H,2-6,10H2,1H3,(H,18,19). The predicted molar refractivity (Wildman–Crippen MR) is 78.2 cm³/mol. The van der Waals surface area contributed by atoms with Crippen molar-refractivity contribution in [2.45, 2.75) is 45.4 Å². The monoisotopic (exact) mass is 255 g/mol. The SMILES string of the molecule is CC1CC=C(C(=O)Nc2ccc3c(c2)CCCC3)C1. The van der Waals surface area contributed by atoms with Crippen LogP contribution >= 0.6 is 0 Å². The Morgan fingerprint density at radius 2 is 2.00 bits per heavy atom. The van der Waals surface area contributed by atoms with Crippen molar-refractivity contribution in [3.8, 4) is 0 Å². The van der Waals surface area contributed by atoms with E-state index in [1.54, 1.807) is 0 Å². The zero-order valence-corrected chi connectivity index (χ0v) is 11.5. The maximum absolute atomic E-state index is 12.1. The summed E-state index contributed by atoms with van der Waals surface area (Å²) in [6.45, 7) is 2.19. The first-order valence-electron chi connectivity index (χ1n) is 7.34. The van der Waals surface area contributed by atoms with Crippen LogP contribution in [0, 0.1) is 5.92 Å². The van der Waals surface area contributed by atoms with Crippen LogP contribution in [0.5, 0.6) is 0 Å². The zero-order valence-electron chi connectivity index (χ0n) is 11.5. The van der Waals surface area contributed by atoms with Gasteiger partial charge in [0.05, 0.1) is 0 Å². The van der Waals surface area contributed by atoms with E-state index in [1.165, 1.54) is 30.4 Å². The lowest BCUT2D eigenvalue weighted by Crippen LogP contribution is -2.14. The van der Waals surface area contributed by atoms with E-state index >= 15 is 0 Å². The number of rotatable bonds is 2. The molecule has 1 aromatic carbocycles. The third-order valence-electron chi connectivity index (χ3n) is 4.23. The van der Waals surface area contributed by atoms with Gasteiger partial charge in [0.2, 0.25) is 0 Å². The number of hydrogen-bond acceptors (Lipinski definition) is 1. The molecule has 0 radical (unpaired) electrons. The van der Waals surface area contributed by atoms with Gasteiger partial charge < -0.3 is 5.32 Å². The lowest BCUT2D eigenvalue weighted by Gasteiger charge is -2.17. The van der Waals surface area contributed by atoms with E-state index in [2.05, 4.69) is 30.4 Å². The van der Waals surface area contributed by atoms with Gasteiger partial charge in [-0.15, -0.1) is 0 Å². The third kappa shape index (κ3) is 2.73. The van der Waals surface area contributed by atoms with Crippen molar-refractivity contribution in [2.75, 3.05) is 5.32 Å². The molecule has 19 heavy (non-hydrogen) atoms. The molecule has 1 N–H and O–H groups in total. The molecule has 1 amide bonds. The largest absolute Gasteiger partial charge is 0.322 e. The molecule has 2 heteroatoms. The normalized spacial score (nSPS) is 21.7. The van der Waals surface area contributed by atoms with Crippen molar-refractivity contribution in [3.05, 3.63) is 41.0 Å². The zero-order chi connectivity index (χ0) is 13.2. The van der Waals surface area contributed by atoms with Crippen LogP contribution in [-0.4, -0.2) is 5.91 Å². The fraction of sp³-hybridized carbons (Fsp3) is 0.471. The Bertz CT molecular complexity index is 530. The highest BCUT2D eigenvalue weighted by atomic mass is 16.1. The van der Waals surface area contributed by atoms with E-state index in [4.69, 9.17) is 0 Å². The van der Waals surface area contributed by atoms with Crippen molar-refractivity contribution < 1.29 is 4.79 Å². The van der Waals surface area contributed by atoms with Crippen LogP contribution in [0.3, 0.4) is 0 Å². The van der Waals surface area contributed by atoms with Crippen LogP contribution in [0.1, 0.15) is 43.7 Å². The molecule has 1 unspecified atom stereocenters. The molecule has 1 atom stereocenters. The number of carbonyl (C=O) groups is 1. The molecular formula is C17H21NO. The summed E-state index contributed by atoms with van der Waals surface area (Å²) in [6.07, 6.45) is 8.93. The summed E-state index contributed by atoms with van der Waals surface area (Å²) < 4.78 is 0. The second-order valence-corrected chi connectivity index (χ2v) is 5.92. The summed E-state index contributed by atoms with van der Waals surface area (Å²) in [5.41, 5.74) is 4.77. The second kappa shape index (κ2) is 5.20. The number of amides is 1. The first-order chi connectivity index (χ1) is 9.22. The van der Waals surface area contributed by atoms with Crippen molar-refractivity contribution in [1.82, 2.24) is 0 Å². The summed E-state index contributed by atoms with van der Waals surface area (Å²) in [6, 6.07) is 6.38. The van der Waals surface area contributed by atoms with Gasteiger partial charge in [0.15, 0.2) is 0 Å². The number of nitrogens with one attached hydrogen (secondary N) is 1. The Balaban J connectivity index is 1.71. The Morgan fingerprint density at radius 1 is 1.21 bits per heavy atom. The van der Waals surface area contributed by atoms with E-state index in [1.807, 2.05) is 6.07 Å². The summed E-state index contributed by atoms with van der Waals surface area (Å²) >= 11 is 0. The van der Waals surface area contributed by atoms with Gasteiger partial charge in [-0.3, -0.25) is 4.79 Å². The molecule has 0 saturated carbocycles. The van der Waals surface area contributed by atoms with Crippen LogP contribution in [0.4, 0.5) is 5.69 Å². The van der Waals surface area contributed by atoms with E-state index < -0.39 is 0 Å². The minimum Gasteiger partial charge on any atom is -0.322 e. The molecule has 2 aliphatic rings. The van der Waals surface area contributed by atoms with Crippen LogP contribution in [0.25, 0.3) is 0 Å². The number of allylic oxidation sites excluding steroid dienone is 1. The predicted octanol–water partition coefficient (Wildman–Crippen LogP) is 3.86. The molecule has 2 aliphatic carbocycles. The molecule has 0 spiro atoms. The van der Waals surface area contributed by atoms with Crippen molar-refractivity contribution in [2.24, 2.45) is 5.92 Å². The van der Waals surface area contributed by atoms with E-state index in [9.17, 15) is 4.79 Å². The topological polar surface area (TPSA) is 29.1 Å². The molecule has 3 rings (SSSR count). The van der Waals surface area contributed by atoms with Gasteiger partial charge in [-0.05, 0) is 67.7 Å². The van der Waals surface area contributed by atoms with Gasteiger partial charge in [-0.2, -0.15) is 0 Å². The lowest BCUT2D eigenvalue weighted by molar-refractivity contribution is -0.113. The summed E-state index contributed by atoms with van der Waals surface area (Å²) in [5.74, 6) is 0.699. The average molecular weight is 255 g/mol. The lowest BCUT2D eigenvalue weighted by atomic mass is 9.91. The molecular weight excluding hydrogens is 234 g/mol. The number of aryl methyl sites for hydroxylation is 2. The fourth-order valence-electron chi connectivity index (χ4n) is 3.09. The molecule has 0 fully saturated rings. The maximum atomic E-state index is 12.1. The van der Waals surface area contributed by atoms with Crippen LogP contribution in [-0.2, 0) is 17.6 Å². The van der Waals surface area contributed by atoms with Gasteiger partial charge in [-0.1, -0.05) is 19.1 Å². The second-order valence-electron chi connectivity index (χ2n) is 5.92. The first kappa shape index (κ1) is 12.5. The Hall–Kier alpha value is -1.57. The molecule has 0 bridgehead atoms. The smallest absolute Gasteiger partial charge is 0.251 e. The van der Waals surface area contributed by atoms with Crippen molar-refractivity contribution in [3.63, 3.8) is 0 Å². The highest BCUT2D eigenvalue weighted by Crippen LogP contribution is 2.27. The molecule has 0 aromatic heterocycles. The van der Waals surface area contributed by atoms with Crippen molar-refractivity contribution >= 4 is 11.6 Å². The molecule has 0 aliphatic heterocycles. The van der Waals surface area contributed by atoms with Crippen LogP contribution in [0.2, 0.25) is 0 Å². The molecule has 0 saturated heterocycles. The third-order valence-corrected chi connectivity index (χ3v) is 4.23. The molecule has 100 valence electrons. The van der Waals surface area contributed by atoms with Gasteiger partial charge >= 0.3 is 0 Å². The number of benzene rings is 1. The van der Waals surface area contributed by atoms with Gasteiger partial charge in [-0.25, -0.2) is 0 Å². The van der Waals surface area contributed by atoms with Crippen LogP contribution < -0.4 is 5.32 Å². The Labute approximate surface area is 114 Å². The molecule has 2 nitrogen and oxygen atoms in total. The average Bonchev–Trinajstić information content (AvgIpc) is 2.85. The van der Waals surface area contributed by atoms with E-state index in [-0.39, 0.29) is 5.91 Å². The quantitative estimate of drug-likeness (QED) is 0.854. The van der Waals surface area contributed by atoms with Crippen LogP contribution in [0.15, 0.2) is 29.8 Å². The summed E-state index contributed by atoms with van der Waals surface area (Å²) in [7, 11) is 0. The Kier molecular flexibility index (Phi) is 3.41. The van der Waals surface area contributed by atoms with Gasteiger partial charge in [0.1, 0.15) is 0 Å². The minimum atomic E-state index is 0.0834. The Morgan fingerprint density at radius 3 is 2.74 bits per heavy atom. The molecule has 1 aromatic rings.